The quantitative estimate of drug-likeness (QED) is 0.787. The Morgan fingerprint density at radius 1 is 1.44 bits per heavy atom. The second-order valence-electron chi connectivity index (χ2n) is 6.43. The fraction of sp³-hybridized carbons (Fsp3) is 0.667. The van der Waals surface area contributed by atoms with E-state index in [1.165, 1.54) is 24.8 Å². The Morgan fingerprint density at radius 3 is 2.78 bits per heavy atom. The minimum absolute atomic E-state index is 0.478. The zero-order valence-electron chi connectivity index (χ0n) is 11.8. The summed E-state index contributed by atoms with van der Waals surface area (Å²) in [6.45, 7) is 9.13. The Morgan fingerprint density at radius 2 is 2.17 bits per heavy atom. The molecule has 1 fully saturated rings. The highest BCUT2D eigenvalue weighted by Gasteiger charge is 2.32. The Balaban J connectivity index is 2.11. The molecule has 2 unspecified atom stereocenters. The molecule has 2 nitrogen and oxygen atoms in total. The van der Waals surface area contributed by atoms with Gasteiger partial charge in [0.2, 0.25) is 0 Å². The summed E-state index contributed by atoms with van der Waals surface area (Å²) < 4.78 is 0. The number of aryl methyl sites for hydroxylation is 1. The number of aromatic nitrogens is 1. The topological polar surface area (TPSA) is 24.9 Å². The largest absolute Gasteiger partial charge is 0.379 e. The molecule has 2 atom stereocenters. The fourth-order valence-electron chi connectivity index (χ4n) is 3.05. The van der Waals surface area contributed by atoms with Gasteiger partial charge in [0.15, 0.2) is 5.15 Å². The summed E-state index contributed by atoms with van der Waals surface area (Å²) in [6, 6.07) is 2.52. The van der Waals surface area contributed by atoms with E-state index in [9.17, 15) is 0 Å². The van der Waals surface area contributed by atoms with Crippen molar-refractivity contribution in [3.63, 3.8) is 0 Å². The second-order valence-corrected chi connectivity index (χ2v) is 6.79. The zero-order chi connectivity index (χ0) is 13.3. The van der Waals surface area contributed by atoms with Crippen LogP contribution in [0.15, 0.2) is 12.3 Å². The number of hydrogen-bond donors (Lipinski definition) is 1. The number of anilines is 1. The highest BCUT2D eigenvalue weighted by atomic mass is 35.5. The highest BCUT2D eigenvalue weighted by molar-refractivity contribution is 6.32. The number of halogens is 1. The van der Waals surface area contributed by atoms with E-state index in [1.807, 2.05) is 6.07 Å². The molecule has 1 aliphatic carbocycles. The molecule has 0 radical (unpaired) electrons. The standard InChI is InChI=1S/C15H23ClN2/c1-10-6-8-17-14(16)13(10)18-12-5-7-15(3,4)9-11(12)2/h6,8,11-12,18H,5,7,9H2,1-4H3. The molecule has 100 valence electrons. The van der Waals surface area contributed by atoms with E-state index in [0.717, 1.165) is 5.69 Å². The Bertz CT molecular complexity index is 408. The van der Waals surface area contributed by atoms with Crippen molar-refractivity contribution in [3.8, 4) is 0 Å². The Hall–Kier alpha value is -0.760. The Labute approximate surface area is 115 Å². The molecule has 3 heteroatoms. The SMILES string of the molecule is Cc1ccnc(Cl)c1NC1CCC(C)(C)CC1C. The van der Waals surface area contributed by atoms with Gasteiger partial charge in [-0.15, -0.1) is 0 Å². The van der Waals surface area contributed by atoms with Gasteiger partial charge >= 0.3 is 0 Å². The van der Waals surface area contributed by atoms with Gasteiger partial charge in [-0.05, 0) is 49.1 Å². The maximum Gasteiger partial charge on any atom is 0.152 e. The van der Waals surface area contributed by atoms with Gasteiger partial charge in [0.25, 0.3) is 0 Å². The maximum absolute atomic E-state index is 6.18. The molecule has 0 bridgehead atoms. The van der Waals surface area contributed by atoms with Crippen molar-refractivity contribution in [2.24, 2.45) is 11.3 Å². The first-order valence-corrected chi connectivity index (χ1v) is 7.14. The van der Waals surface area contributed by atoms with Crippen molar-refractivity contribution in [1.29, 1.82) is 0 Å². The van der Waals surface area contributed by atoms with Crippen molar-refractivity contribution >= 4 is 17.3 Å². The molecule has 1 aromatic heterocycles. The zero-order valence-corrected chi connectivity index (χ0v) is 12.5. The molecule has 0 spiro atoms. The van der Waals surface area contributed by atoms with Crippen LogP contribution in [0.5, 0.6) is 0 Å². The normalized spacial score (nSPS) is 26.9. The predicted octanol–water partition coefficient (Wildman–Crippen LogP) is 4.67. The Kier molecular flexibility index (Phi) is 3.86. The number of nitrogens with one attached hydrogen (secondary N) is 1. The summed E-state index contributed by atoms with van der Waals surface area (Å²) in [5, 5.41) is 4.20. The maximum atomic E-state index is 6.18. The van der Waals surface area contributed by atoms with Crippen molar-refractivity contribution < 1.29 is 0 Å². The van der Waals surface area contributed by atoms with Gasteiger partial charge in [-0.25, -0.2) is 4.98 Å². The highest BCUT2D eigenvalue weighted by Crippen LogP contribution is 2.40. The van der Waals surface area contributed by atoms with E-state index in [0.29, 0.717) is 22.5 Å². The van der Waals surface area contributed by atoms with E-state index < -0.39 is 0 Å². The monoisotopic (exact) mass is 266 g/mol. The van der Waals surface area contributed by atoms with E-state index in [2.05, 4.69) is 38.0 Å². The average molecular weight is 267 g/mol. The second kappa shape index (κ2) is 5.08. The van der Waals surface area contributed by atoms with Gasteiger partial charge in [0, 0.05) is 12.2 Å². The lowest BCUT2D eigenvalue weighted by molar-refractivity contribution is 0.177. The molecular formula is C15H23ClN2. The van der Waals surface area contributed by atoms with Crippen LogP contribution in [0.2, 0.25) is 5.15 Å². The number of rotatable bonds is 2. The molecule has 0 aromatic carbocycles. The third kappa shape index (κ3) is 2.97. The third-order valence-electron chi connectivity index (χ3n) is 4.14. The van der Waals surface area contributed by atoms with Crippen LogP contribution >= 0.6 is 11.6 Å². The lowest BCUT2D eigenvalue weighted by Crippen LogP contribution is -2.37. The molecular weight excluding hydrogens is 244 g/mol. The molecule has 2 rings (SSSR count). The lowest BCUT2D eigenvalue weighted by atomic mass is 9.70. The van der Waals surface area contributed by atoms with Crippen molar-refractivity contribution in [2.75, 3.05) is 5.32 Å². The van der Waals surface area contributed by atoms with Crippen LogP contribution in [0, 0.1) is 18.3 Å². The molecule has 0 aliphatic heterocycles. The first kappa shape index (κ1) is 13.7. The van der Waals surface area contributed by atoms with Crippen LogP contribution in [0.3, 0.4) is 0 Å². The molecule has 0 amide bonds. The van der Waals surface area contributed by atoms with Gasteiger partial charge in [-0.3, -0.25) is 0 Å². The van der Waals surface area contributed by atoms with Crippen LogP contribution in [0.1, 0.15) is 45.6 Å². The fourth-order valence-corrected chi connectivity index (χ4v) is 3.30. The van der Waals surface area contributed by atoms with Gasteiger partial charge in [0.1, 0.15) is 0 Å². The van der Waals surface area contributed by atoms with Gasteiger partial charge < -0.3 is 5.32 Å². The molecule has 1 aromatic rings. The van der Waals surface area contributed by atoms with Gasteiger partial charge in [-0.2, -0.15) is 0 Å². The minimum Gasteiger partial charge on any atom is -0.379 e. The van der Waals surface area contributed by atoms with Crippen LogP contribution in [-0.4, -0.2) is 11.0 Å². The molecule has 1 aliphatic rings. The molecule has 1 saturated carbocycles. The number of pyridine rings is 1. The van der Waals surface area contributed by atoms with Crippen molar-refractivity contribution in [3.05, 3.63) is 23.0 Å². The van der Waals surface area contributed by atoms with Gasteiger partial charge in [-0.1, -0.05) is 32.4 Å². The summed E-state index contributed by atoms with van der Waals surface area (Å²) in [5.74, 6) is 0.671. The third-order valence-corrected chi connectivity index (χ3v) is 4.42. The van der Waals surface area contributed by atoms with Crippen molar-refractivity contribution in [1.82, 2.24) is 4.98 Å². The first-order valence-electron chi connectivity index (χ1n) is 6.77. The molecule has 0 saturated heterocycles. The summed E-state index contributed by atoms with van der Waals surface area (Å²) in [4.78, 5) is 4.16. The lowest BCUT2D eigenvalue weighted by Gasteiger charge is -2.40. The minimum atomic E-state index is 0.478. The summed E-state index contributed by atoms with van der Waals surface area (Å²) >= 11 is 6.18. The van der Waals surface area contributed by atoms with Crippen LogP contribution in [0.4, 0.5) is 5.69 Å². The van der Waals surface area contributed by atoms with Crippen LogP contribution < -0.4 is 5.32 Å². The molecule has 1 N–H and O–H groups in total. The summed E-state index contributed by atoms with van der Waals surface area (Å²) in [5.41, 5.74) is 2.66. The van der Waals surface area contributed by atoms with E-state index >= 15 is 0 Å². The van der Waals surface area contributed by atoms with E-state index in [4.69, 9.17) is 11.6 Å². The smallest absolute Gasteiger partial charge is 0.152 e. The van der Waals surface area contributed by atoms with E-state index in [1.54, 1.807) is 6.20 Å². The van der Waals surface area contributed by atoms with Crippen LogP contribution in [0.25, 0.3) is 0 Å². The van der Waals surface area contributed by atoms with Crippen LogP contribution in [-0.2, 0) is 0 Å². The van der Waals surface area contributed by atoms with Crippen molar-refractivity contribution in [2.45, 2.75) is 53.0 Å². The van der Waals surface area contributed by atoms with Gasteiger partial charge in [0.05, 0.1) is 5.69 Å². The molecule has 1 heterocycles. The van der Waals surface area contributed by atoms with E-state index in [-0.39, 0.29) is 0 Å². The number of hydrogen-bond acceptors (Lipinski definition) is 2. The summed E-state index contributed by atoms with van der Waals surface area (Å²) in [6.07, 6.45) is 5.50. The first-order chi connectivity index (χ1) is 8.39. The number of nitrogens with zero attached hydrogens (tertiary/aromatic N) is 1. The summed E-state index contributed by atoms with van der Waals surface area (Å²) in [7, 11) is 0. The average Bonchev–Trinajstić information content (AvgIpc) is 2.25. The predicted molar refractivity (Wildman–Crippen MR) is 78.2 cm³/mol. The molecule has 18 heavy (non-hydrogen) atoms.